The van der Waals surface area contributed by atoms with Gasteiger partial charge in [0.05, 0.1) is 11.5 Å². The molecule has 2 rings (SSSR count). The molecule has 5 nitrogen and oxygen atoms in total. The summed E-state index contributed by atoms with van der Waals surface area (Å²) in [5, 5.41) is 2.67. The van der Waals surface area contributed by atoms with E-state index in [4.69, 9.17) is 4.74 Å². The first-order valence-corrected chi connectivity index (χ1v) is 8.73. The van der Waals surface area contributed by atoms with Gasteiger partial charge in [0.25, 0.3) is 5.91 Å². The van der Waals surface area contributed by atoms with Crippen LogP contribution in [0.3, 0.4) is 0 Å². The first-order chi connectivity index (χ1) is 8.94. The Kier molecular flexibility index (Phi) is 4.67. The molecule has 19 heavy (non-hydrogen) atoms. The van der Waals surface area contributed by atoms with Gasteiger partial charge in [0.2, 0.25) is 0 Å². The molecule has 1 aliphatic heterocycles. The van der Waals surface area contributed by atoms with Crippen molar-refractivity contribution in [3.05, 3.63) is 27.8 Å². The molecule has 0 radical (unpaired) electrons. The Morgan fingerprint density at radius 2 is 2.26 bits per heavy atom. The standard InChI is InChI=1S/C12H14INO4S/c13-9-2-1-3-11(6-9)18-7-12(15)14-10-4-5-19(16,17)8-10/h1-3,6,10H,4-5,7-8H2,(H,14,15)/t10-/m1/s1. The van der Waals surface area contributed by atoms with Gasteiger partial charge in [-0.15, -0.1) is 0 Å². The average Bonchev–Trinajstić information content (AvgIpc) is 2.66. The molecule has 0 aromatic heterocycles. The summed E-state index contributed by atoms with van der Waals surface area (Å²) in [6, 6.07) is 7.09. The van der Waals surface area contributed by atoms with E-state index >= 15 is 0 Å². The highest BCUT2D eigenvalue weighted by molar-refractivity contribution is 14.1. The Balaban J connectivity index is 1.79. The highest BCUT2D eigenvalue weighted by atomic mass is 127. The van der Waals surface area contributed by atoms with E-state index in [0.29, 0.717) is 12.2 Å². The predicted molar refractivity (Wildman–Crippen MR) is 79.9 cm³/mol. The summed E-state index contributed by atoms with van der Waals surface area (Å²) in [6.07, 6.45) is 0.483. The van der Waals surface area contributed by atoms with Crippen molar-refractivity contribution in [3.63, 3.8) is 0 Å². The Hall–Kier alpha value is -0.830. The summed E-state index contributed by atoms with van der Waals surface area (Å²) < 4.78 is 28.9. The Labute approximate surface area is 125 Å². The lowest BCUT2D eigenvalue weighted by molar-refractivity contribution is -0.123. The number of sulfone groups is 1. The van der Waals surface area contributed by atoms with Gasteiger partial charge in [0, 0.05) is 9.61 Å². The second-order valence-electron chi connectivity index (χ2n) is 4.41. The third kappa shape index (κ3) is 4.64. The molecular weight excluding hydrogens is 381 g/mol. The molecule has 1 heterocycles. The van der Waals surface area contributed by atoms with Crippen LogP contribution in [0.2, 0.25) is 0 Å². The quantitative estimate of drug-likeness (QED) is 0.772. The van der Waals surface area contributed by atoms with Crippen molar-refractivity contribution in [1.29, 1.82) is 0 Å². The summed E-state index contributed by atoms with van der Waals surface area (Å²) in [5.74, 6) is 0.513. The van der Waals surface area contributed by atoms with Crippen LogP contribution in [0.1, 0.15) is 6.42 Å². The first kappa shape index (κ1) is 14.6. The van der Waals surface area contributed by atoms with Crippen LogP contribution >= 0.6 is 22.6 Å². The second-order valence-corrected chi connectivity index (χ2v) is 7.89. The van der Waals surface area contributed by atoms with E-state index in [1.54, 1.807) is 6.07 Å². The molecule has 1 N–H and O–H groups in total. The summed E-state index contributed by atoms with van der Waals surface area (Å²) in [4.78, 5) is 11.6. The Bertz CT molecular complexity index is 573. The fraction of sp³-hybridized carbons (Fsp3) is 0.417. The van der Waals surface area contributed by atoms with Crippen LogP contribution in [-0.2, 0) is 14.6 Å². The number of ether oxygens (including phenoxy) is 1. The summed E-state index contributed by atoms with van der Waals surface area (Å²) in [5.41, 5.74) is 0. The van der Waals surface area contributed by atoms with Crippen molar-refractivity contribution < 1.29 is 17.9 Å². The van der Waals surface area contributed by atoms with E-state index in [1.165, 1.54) is 0 Å². The largest absolute Gasteiger partial charge is 0.484 e. The van der Waals surface area contributed by atoms with Crippen molar-refractivity contribution in [2.45, 2.75) is 12.5 Å². The molecule has 1 aromatic rings. The van der Waals surface area contributed by atoms with Gasteiger partial charge in [-0.25, -0.2) is 8.42 Å². The topological polar surface area (TPSA) is 72.5 Å². The molecule has 1 saturated heterocycles. The number of nitrogens with one attached hydrogen (secondary N) is 1. The van der Waals surface area contributed by atoms with Crippen LogP contribution in [0.5, 0.6) is 5.75 Å². The van der Waals surface area contributed by atoms with Crippen molar-refractivity contribution in [2.24, 2.45) is 0 Å². The Morgan fingerprint density at radius 3 is 2.89 bits per heavy atom. The van der Waals surface area contributed by atoms with Gasteiger partial charge < -0.3 is 10.1 Å². The number of halogens is 1. The monoisotopic (exact) mass is 395 g/mol. The number of carbonyl (C=O) groups is 1. The molecule has 104 valence electrons. The highest BCUT2D eigenvalue weighted by Gasteiger charge is 2.28. The van der Waals surface area contributed by atoms with Crippen LogP contribution in [0.15, 0.2) is 24.3 Å². The van der Waals surface area contributed by atoms with E-state index in [1.807, 2.05) is 18.2 Å². The molecule has 1 fully saturated rings. The lowest BCUT2D eigenvalue weighted by Gasteiger charge is -2.11. The third-order valence-corrected chi connectivity index (χ3v) is 5.20. The molecule has 0 saturated carbocycles. The van der Waals surface area contributed by atoms with E-state index in [9.17, 15) is 13.2 Å². The number of hydrogen-bond acceptors (Lipinski definition) is 4. The minimum atomic E-state index is -2.97. The zero-order valence-electron chi connectivity index (χ0n) is 10.1. The molecule has 1 amide bonds. The van der Waals surface area contributed by atoms with Crippen LogP contribution in [-0.4, -0.2) is 38.5 Å². The zero-order valence-corrected chi connectivity index (χ0v) is 13.1. The molecule has 1 atom stereocenters. The van der Waals surface area contributed by atoms with E-state index in [-0.39, 0.29) is 30.1 Å². The fourth-order valence-electron chi connectivity index (χ4n) is 1.88. The van der Waals surface area contributed by atoms with Gasteiger partial charge in [-0.3, -0.25) is 4.79 Å². The normalized spacial score (nSPS) is 21.0. The molecule has 0 spiro atoms. The predicted octanol–water partition coefficient (Wildman–Crippen LogP) is 0.973. The maximum Gasteiger partial charge on any atom is 0.258 e. The molecule has 0 bridgehead atoms. The van der Waals surface area contributed by atoms with Gasteiger partial charge in [-0.2, -0.15) is 0 Å². The van der Waals surface area contributed by atoms with Crippen molar-refractivity contribution in [3.8, 4) is 5.75 Å². The molecule has 0 aliphatic carbocycles. The lowest BCUT2D eigenvalue weighted by atomic mass is 10.2. The van der Waals surface area contributed by atoms with Crippen LogP contribution < -0.4 is 10.1 Å². The molecule has 1 aliphatic rings. The molecule has 0 unspecified atom stereocenters. The van der Waals surface area contributed by atoms with Crippen molar-refractivity contribution in [1.82, 2.24) is 5.32 Å². The SMILES string of the molecule is O=C(COc1cccc(I)c1)N[C@@H]1CCS(=O)(=O)C1. The maximum absolute atomic E-state index is 11.6. The van der Waals surface area contributed by atoms with Crippen molar-refractivity contribution >= 4 is 38.3 Å². The maximum atomic E-state index is 11.6. The number of carbonyl (C=O) groups excluding carboxylic acids is 1. The highest BCUT2D eigenvalue weighted by Crippen LogP contribution is 2.15. The van der Waals surface area contributed by atoms with Gasteiger partial charge in [-0.05, 0) is 47.2 Å². The average molecular weight is 395 g/mol. The van der Waals surface area contributed by atoms with Crippen LogP contribution in [0.25, 0.3) is 0 Å². The third-order valence-electron chi connectivity index (χ3n) is 2.76. The summed E-state index contributed by atoms with van der Waals surface area (Å²) in [6.45, 7) is -0.101. The summed E-state index contributed by atoms with van der Waals surface area (Å²) in [7, 11) is -2.97. The molecular formula is C12H14INO4S. The molecule has 1 aromatic carbocycles. The van der Waals surface area contributed by atoms with Gasteiger partial charge >= 0.3 is 0 Å². The van der Waals surface area contributed by atoms with Gasteiger partial charge in [0.15, 0.2) is 16.4 Å². The van der Waals surface area contributed by atoms with Gasteiger partial charge in [0.1, 0.15) is 5.75 Å². The Morgan fingerprint density at radius 1 is 1.47 bits per heavy atom. The fourth-order valence-corrected chi connectivity index (χ4v) is 4.07. The van der Waals surface area contributed by atoms with E-state index < -0.39 is 9.84 Å². The van der Waals surface area contributed by atoms with Gasteiger partial charge in [-0.1, -0.05) is 6.07 Å². The number of hydrogen-bond donors (Lipinski definition) is 1. The van der Waals surface area contributed by atoms with E-state index in [2.05, 4.69) is 27.9 Å². The smallest absolute Gasteiger partial charge is 0.258 e. The molecule has 7 heteroatoms. The number of amides is 1. The first-order valence-electron chi connectivity index (χ1n) is 5.83. The number of rotatable bonds is 4. The van der Waals surface area contributed by atoms with Crippen LogP contribution in [0.4, 0.5) is 0 Å². The van der Waals surface area contributed by atoms with Crippen molar-refractivity contribution in [2.75, 3.05) is 18.1 Å². The van der Waals surface area contributed by atoms with E-state index in [0.717, 1.165) is 3.57 Å². The lowest BCUT2D eigenvalue weighted by Crippen LogP contribution is -2.38. The number of benzene rings is 1. The minimum Gasteiger partial charge on any atom is -0.484 e. The zero-order chi connectivity index (χ0) is 13.9. The summed E-state index contributed by atoms with van der Waals surface area (Å²) >= 11 is 2.16. The van der Waals surface area contributed by atoms with Crippen LogP contribution in [0, 0.1) is 3.57 Å². The second kappa shape index (κ2) is 6.08. The minimum absolute atomic E-state index is 0.0297.